The maximum atomic E-state index is 10.8. The molecule has 2 aromatic heterocycles. The number of aromatic nitrogens is 4. The summed E-state index contributed by atoms with van der Waals surface area (Å²) in [6.07, 6.45) is 0.438. The number of ether oxygens (including phenoxy) is 1. The van der Waals surface area contributed by atoms with Gasteiger partial charge in [-0.15, -0.1) is 0 Å². The molecule has 3 N–H and O–H groups in total. The number of rotatable bonds is 5. The molecule has 9 heteroatoms. The fraction of sp³-hybridized carbons (Fsp3) is 0.250. The third kappa shape index (κ3) is 3.71. The van der Waals surface area contributed by atoms with Crippen LogP contribution < -0.4 is 10.5 Å². The summed E-state index contributed by atoms with van der Waals surface area (Å²) in [6, 6.07) is 8.69. The fourth-order valence-corrected chi connectivity index (χ4v) is 3.77. The van der Waals surface area contributed by atoms with Gasteiger partial charge in [-0.25, -0.2) is 4.79 Å². The van der Waals surface area contributed by atoms with E-state index in [-0.39, 0.29) is 5.75 Å². The van der Waals surface area contributed by atoms with Gasteiger partial charge in [-0.2, -0.15) is 10.2 Å². The van der Waals surface area contributed by atoms with Crippen LogP contribution in [-0.2, 0) is 13.1 Å². The lowest BCUT2D eigenvalue weighted by atomic mass is 10.1. The number of hydrogen-bond acceptors (Lipinski definition) is 5. The van der Waals surface area contributed by atoms with E-state index in [1.165, 1.54) is 0 Å². The van der Waals surface area contributed by atoms with Crippen molar-refractivity contribution < 1.29 is 14.6 Å². The van der Waals surface area contributed by atoms with Crippen molar-refractivity contribution in [2.75, 3.05) is 5.73 Å². The van der Waals surface area contributed by atoms with Crippen LogP contribution in [0.25, 0.3) is 21.8 Å². The zero-order valence-corrected chi connectivity index (χ0v) is 16.7. The molecule has 0 aliphatic carbocycles. The fourth-order valence-electron chi connectivity index (χ4n) is 3.52. The van der Waals surface area contributed by atoms with Gasteiger partial charge >= 0.3 is 6.16 Å². The van der Waals surface area contributed by atoms with Crippen LogP contribution in [0.1, 0.15) is 19.4 Å². The minimum absolute atomic E-state index is 0.191. The smallest absolute Gasteiger partial charge is 0.449 e. The summed E-state index contributed by atoms with van der Waals surface area (Å²) in [4.78, 5) is 10.8. The molecule has 0 atom stereocenters. The minimum Gasteiger partial charge on any atom is -0.449 e. The van der Waals surface area contributed by atoms with Gasteiger partial charge in [0.05, 0.1) is 23.8 Å². The van der Waals surface area contributed by atoms with E-state index in [1.54, 1.807) is 22.9 Å². The molecule has 150 valence electrons. The third-order valence-corrected chi connectivity index (χ3v) is 4.81. The van der Waals surface area contributed by atoms with Gasteiger partial charge in [0.1, 0.15) is 5.75 Å². The van der Waals surface area contributed by atoms with Crippen molar-refractivity contribution in [1.82, 2.24) is 19.6 Å². The van der Waals surface area contributed by atoms with Crippen LogP contribution in [0.2, 0.25) is 5.02 Å². The predicted molar refractivity (Wildman–Crippen MR) is 111 cm³/mol. The van der Waals surface area contributed by atoms with Gasteiger partial charge in [0.15, 0.2) is 5.82 Å². The molecule has 0 radical (unpaired) electrons. The number of hydrogen-bond donors (Lipinski definition) is 2. The molecule has 0 aliphatic rings. The minimum atomic E-state index is -1.38. The SMILES string of the molecule is CC(C)Cn1ncc2cc(Cl)cc(Cn3nc(N)c4cc(OC(=O)O)ccc43)c21. The summed E-state index contributed by atoms with van der Waals surface area (Å²) in [5, 5.41) is 20.0. The molecule has 4 rings (SSSR count). The van der Waals surface area contributed by atoms with Crippen LogP contribution in [-0.4, -0.2) is 30.8 Å². The average molecular weight is 414 g/mol. The number of nitrogens with zero attached hydrogens (tertiary/aromatic N) is 4. The second kappa shape index (κ2) is 7.29. The summed E-state index contributed by atoms with van der Waals surface area (Å²) >= 11 is 6.33. The van der Waals surface area contributed by atoms with Crippen molar-refractivity contribution in [3.63, 3.8) is 0 Å². The highest BCUT2D eigenvalue weighted by Crippen LogP contribution is 2.29. The number of carboxylic acid groups (broad SMARTS) is 1. The lowest BCUT2D eigenvalue weighted by Crippen LogP contribution is -2.09. The zero-order valence-electron chi connectivity index (χ0n) is 16.0. The zero-order chi connectivity index (χ0) is 20.7. The number of benzene rings is 2. The molecule has 4 aromatic rings. The highest BCUT2D eigenvalue weighted by atomic mass is 35.5. The normalized spacial score (nSPS) is 11.6. The van der Waals surface area contributed by atoms with Gasteiger partial charge < -0.3 is 15.6 Å². The predicted octanol–water partition coefficient (Wildman–Crippen LogP) is 4.38. The summed E-state index contributed by atoms with van der Waals surface area (Å²) < 4.78 is 8.47. The van der Waals surface area contributed by atoms with Gasteiger partial charge in [0.2, 0.25) is 0 Å². The molecule has 0 spiro atoms. The monoisotopic (exact) mass is 413 g/mol. The maximum Gasteiger partial charge on any atom is 0.511 e. The first kappa shape index (κ1) is 19.1. The van der Waals surface area contributed by atoms with Crippen molar-refractivity contribution >= 4 is 45.4 Å². The first-order valence-corrected chi connectivity index (χ1v) is 9.50. The van der Waals surface area contributed by atoms with Crippen LogP contribution in [0.3, 0.4) is 0 Å². The molecule has 2 heterocycles. The van der Waals surface area contributed by atoms with Gasteiger partial charge in [-0.3, -0.25) is 9.36 Å². The molecule has 0 unspecified atom stereocenters. The molecule has 0 amide bonds. The molecule has 0 aliphatic heterocycles. The average Bonchev–Trinajstić information content (AvgIpc) is 3.15. The second-order valence-electron chi connectivity index (χ2n) is 7.31. The molecule has 2 aromatic carbocycles. The first-order chi connectivity index (χ1) is 13.8. The molecule has 0 bridgehead atoms. The van der Waals surface area contributed by atoms with Gasteiger partial charge in [-0.05, 0) is 36.2 Å². The standard InChI is InChI=1S/C20H20ClN5O3/c1-11(2)9-26-18-12(8-23-26)5-14(21)6-13(18)10-25-17-4-3-15(29-20(27)28)7-16(17)19(22)24-25/h3-8,11H,9-10H2,1-2H3,(H2,22,24)(H,27,28). The highest BCUT2D eigenvalue weighted by Gasteiger charge is 2.15. The van der Waals surface area contributed by atoms with E-state index in [1.807, 2.05) is 23.0 Å². The van der Waals surface area contributed by atoms with E-state index in [2.05, 4.69) is 24.0 Å². The van der Waals surface area contributed by atoms with Crippen LogP contribution in [0.5, 0.6) is 5.75 Å². The Hall–Kier alpha value is -3.26. The Labute approximate surface area is 171 Å². The van der Waals surface area contributed by atoms with Crippen molar-refractivity contribution in [1.29, 1.82) is 0 Å². The van der Waals surface area contributed by atoms with E-state index < -0.39 is 6.16 Å². The molecular weight excluding hydrogens is 394 g/mol. The van der Waals surface area contributed by atoms with Crippen molar-refractivity contribution in [3.05, 3.63) is 47.1 Å². The number of halogens is 1. The summed E-state index contributed by atoms with van der Waals surface area (Å²) in [6.45, 7) is 5.51. The molecule has 0 fully saturated rings. The lowest BCUT2D eigenvalue weighted by molar-refractivity contribution is 0.144. The Kier molecular flexibility index (Phi) is 4.79. The molecular formula is C20H20ClN5O3. The van der Waals surface area contributed by atoms with Crippen LogP contribution >= 0.6 is 11.6 Å². The van der Waals surface area contributed by atoms with E-state index in [0.717, 1.165) is 28.5 Å². The Balaban J connectivity index is 1.79. The van der Waals surface area contributed by atoms with Crippen LogP contribution in [0, 0.1) is 5.92 Å². The second-order valence-corrected chi connectivity index (χ2v) is 7.75. The van der Waals surface area contributed by atoms with Gasteiger partial charge in [-0.1, -0.05) is 25.4 Å². The highest BCUT2D eigenvalue weighted by molar-refractivity contribution is 6.31. The Bertz CT molecular complexity index is 1230. The number of fused-ring (bicyclic) bond motifs is 2. The largest absolute Gasteiger partial charge is 0.511 e. The first-order valence-electron chi connectivity index (χ1n) is 9.12. The third-order valence-electron chi connectivity index (χ3n) is 4.59. The number of carbonyl (C=O) groups is 1. The van der Waals surface area contributed by atoms with Crippen LogP contribution in [0.4, 0.5) is 10.6 Å². The number of anilines is 1. The summed E-state index contributed by atoms with van der Waals surface area (Å²) in [5.41, 5.74) is 8.82. The van der Waals surface area contributed by atoms with Gasteiger partial charge in [0.25, 0.3) is 0 Å². The van der Waals surface area contributed by atoms with E-state index in [4.69, 9.17) is 27.2 Å². The lowest BCUT2D eigenvalue weighted by Gasteiger charge is -2.12. The maximum absolute atomic E-state index is 10.8. The molecule has 8 nitrogen and oxygen atoms in total. The Morgan fingerprint density at radius 3 is 2.79 bits per heavy atom. The topological polar surface area (TPSA) is 108 Å². The Morgan fingerprint density at radius 1 is 1.28 bits per heavy atom. The molecule has 29 heavy (non-hydrogen) atoms. The summed E-state index contributed by atoms with van der Waals surface area (Å²) in [7, 11) is 0. The number of nitrogens with two attached hydrogens (primary N) is 1. The van der Waals surface area contributed by atoms with Crippen molar-refractivity contribution in [2.24, 2.45) is 5.92 Å². The Morgan fingerprint density at radius 2 is 2.07 bits per heavy atom. The van der Waals surface area contributed by atoms with Crippen LogP contribution in [0.15, 0.2) is 36.5 Å². The van der Waals surface area contributed by atoms with Crippen molar-refractivity contribution in [3.8, 4) is 5.75 Å². The van der Waals surface area contributed by atoms with E-state index >= 15 is 0 Å². The molecule has 0 saturated carbocycles. The van der Waals surface area contributed by atoms with Gasteiger partial charge in [0, 0.05) is 27.9 Å². The molecule has 0 saturated heterocycles. The van der Waals surface area contributed by atoms with Crippen molar-refractivity contribution in [2.45, 2.75) is 26.9 Å². The number of nitrogen functional groups attached to an aromatic ring is 1. The summed E-state index contributed by atoms with van der Waals surface area (Å²) in [5.74, 6) is 0.927. The van der Waals surface area contributed by atoms with E-state index in [0.29, 0.717) is 28.7 Å². The quantitative estimate of drug-likeness (QED) is 0.371. The van der Waals surface area contributed by atoms with E-state index in [9.17, 15) is 4.79 Å².